The number of hydrogen-bond donors (Lipinski definition) is 2. The smallest absolute Gasteiger partial charge is 0.217 e. The van der Waals surface area contributed by atoms with E-state index >= 15 is 0 Å². The van der Waals surface area contributed by atoms with E-state index in [1.54, 1.807) is 12.3 Å². The predicted molar refractivity (Wildman–Crippen MR) is 58.9 cm³/mol. The van der Waals surface area contributed by atoms with Crippen LogP contribution in [-0.4, -0.2) is 17.4 Å². The number of pyridine rings is 1. The van der Waals surface area contributed by atoms with Crippen LogP contribution in [0.25, 0.3) is 0 Å². The van der Waals surface area contributed by atoms with Gasteiger partial charge in [0, 0.05) is 18.7 Å². The Hall–Kier alpha value is -2.02. The summed E-state index contributed by atoms with van der Waals surface area (Å²) in [6, 6.07) is 1.77. The van der Waals surface area contributed by atoms with E-state index in [2.05, 4.69) is 22.1 Å². The van der Waals surface area contributed by atoms with Gasteiger partial charge >= 0.3 is 0 Å². The molecule has 3 N–H and O–H groups in total. The number of anilines is 1. The molecule has 1 aromatic rings. The topological polar surface area (TPSA) is 68.0 Å². The number of aryl methyl sites for hydroxylation is 1. The van der Waals surface area contributed by atoms with Gasteiger partial charge in [-0.2, -0.15) is 0 Å². The van der Waals surface area contributed by atoms with Gasteiger partial charge in [0.1, 0.15) is 5.82 Å². The molecule has 0 aromatic carbocycles. The van der Waals surface area contributed by atoms with E-state index in [4.69, 9.17) is 5.73 Å². The summed E-state index contributed by atoms with van der Waals surface area (Å²) in [5.41, 5.74) is 7.32. The highest BCUT2D eigenvalue weighted by molar-refractivity contribution is 5.73. The van der Waals surface area contributed by atoms with Crippen LogP contribution in [-0.2, 0) is 4.79 Å². The Morgan fingerprint density at radius 3 is 3.00 bits per heavy atom. The molecule has 1 amide bonds. The normalized spacial score (nSPS) is 8.93. The van der Waals surface area contributed by atoms with E-state index in [0.717, 1.165) is 11.1 Å². The van der Waals surface area contributed by atoms with Crippen molar-refractivity contribution in [2.45, 2.75) is 13.8 Å². The number of nitrogens with two attached hydrogens (primary N) is 1. The number of carbonyl (C=O) groups is 1. The molecule has 0 spiro atoms. The molecule has 0 aliphatic carbocycles. The summed E-state index contributed by atoms with van der Waals surface area (Å²) in [7, 11) is 0. The molecule has 0 aliphatic heterocycles. The Morgan fingerprint density at radius 1 is 1.67 bits per heavy atom. The Balaban J connectivity index is 2.67. The van der Waals surface area contributed by atoms with Crippen LogP contribution in [0.4, 0.5) is 5.82 Å². The van der Waals surface area contributed by atoms with Crippen molar-refractivity contribution >= 4 is 11.7 Å². The van der Waals surface area contributed by atoms with Crippen molar-refractivity contribution in [1.82, 2.24) is 10.3 Å². The van der Waals surface area contributed by atoms with Gasteiger partial charge in [-0.05, 0) is 18.6 Å². The Bertz CT molecular complexity index is 429. The Morgan fingerprint density at radius 2 is 2.40 bits per heavy atom. The number of hydrogen-bond acceptors (Lipinski definition) is 3. The van der Waals surface area contributed by atoms with Gasteiger partial charge in [-0.15, -0.1) is 0 Å². The summed E-state index contributed by atoms with van der Waals surface area (Å²) < 4.78 is 0. The molecule has 1 rings (SSSR count). The lowest BCUT2D eigenvalue weighted by Gasteiger charge is -1.98. The maximum atomic E-state index is 10.6. The van der Waals surface area contributed by atoms with Gasteiger partial charge in [-0.3, -0.25) is 4.79 Å². The fourth-order valence-corrected chi connectivity index (χ4v) is 1.02. The number of nitrogen functional groups attached to an aromatic ring is 1. The minimum Gasteiger partial charge on any atom is -0.384 e. The predicted octanol–water partition coefficient (Wildman–Crippen LogP) is 0.460. The zero-order chi connectivity index (χ0) is 11.3. The Labute approximate surface area is 88.9 Å². The molecule has 0 saturated carbocycles. The molecule has 4 heteroatoms. The standard InChI is InChI=1S/C11H13N3O/c1-8-6-11(12)14-7-10(8)4-3-5-13-9(2)15/h6-7H,5H2,1-2H3,(H2,12,14)(H,13,15). The quantitative estimate of drug-likeness (QED) is 0.651. The maximum Gasteiger partial charge on any atom is 0.217 e. The van der Waals surface area contributed by atoms with Crippen LogP contribution in [0, 0.1) is 18.8 Å². The fraction of sp³-hybridized carbons (Fsp3) is 0.273. The van der Waals surface area contributed by atoms with Crippen LogP contribution in [0.2, 0.25) is 0 Å². The van der Waals surface area contributed by atoms with Gasteiger partial charge in [-0.25, -0.2) is 4.98 Å². The number of amides is 1. The number of nitrogens with one attached hydrogen (secondary N) is 1. The molecule has 1 heterocycles. The lowest BCUT2D eigenvalue weighted by Crippen LogP contribution is -2.19. The average Bonchev–Trinajstić information content (AvgIpc) is 2.14. The van der Waals surface area contributed by atoms with Crippen molar-refractivity contribution in [2.24, 2.45) is 0 Å². The van der Waals surface area contributed by atoms with Crippen LogP contribution in [0.3, 0.4) is 0 Å². The third kappa shape index (κ3) is 3.69. The largest absolute Gasteiger partial charge is 0.384 e. The van der Waals surface area contributed by atoms with Gasteiger partial charge in [-0.1, -0.05) is 11.8 Å². The van der Waals surface area contributed by atoms with Crippen molar-refractivity contribution in [3.63, 3.8) is 0 Å². The van der Waals surface area contributed by atoms with Gasteiger partial charge in [0.2, 0.25) is 5.91 Å². The summed E-state index contributed by atoms with van der Waals surface area (Å²) in [5.74, 6) is 6.14. The molecule has 0 aliphatic rings. The van der Waals surface area contributed by atoms with Crippen molar-refractivity contribution in [3.05, 3.63) is 23.4 Å². The second-order valence-electron chi connectivity index (χ2n) is 3.14. The highest BCUT2D eigenvalue weighted by Gasteiger charge is 1.95. The SMILES string of the molecule is CC(=O)NCC#Cc1cnc(N)cc1C. The van der Waals surface area contributed by atoms with Crippen LogP contribution in [0.15, 0.2) is 12.3 Å². The zero-order valence-electron chi connectivity index (χ0n) is 8.79. The van der Waals surface area contributed by atoms with Crippen molar-refractivity contribution < 1.29 is 4.79 Å². The lowest BCUT2D eigenvalue weighted by atomic mass is 10.1. The molecular weight excluding hydrogens is 190 g/mol. The molecule has 0 radical (unpaired) electrons. The molecule has 0 saturated heterocycles. The van der Waals surface area contributed by atoms with E-state index in [0.29, 0.717) is 12.4 Å². The van der Waals surface area contributed by atoms with E-state index in [9.17, 15) is 4.79 Å². The lowest BCUT2D eigenvalue weighted by molar-refractivity contribution is -0.118. The molecule has 1 aromatic heterocycles. The monoisotopic (exact) mass is 203 g/mol. The minimum atomic E-state index is -0.0866. The molecule has 78 valence electrons. The summed E-state index contributed by atoms with van der Waals surface area (Å²) in [6.45, 7) is 3.72. The number of carbonyl (C=O) groups excluding carboxylic acids is 1. The summed E-state index contributed by atoms with van der Waals surface area (Å²) in [5, 5.41) is 2.59. The van der Waals surface area contributed by atoms with Crippen LogP contribution in [0.5, 0.6) is 0 Å². The van der Waals surface area contributed by atoms with Gasteiger partial charge in [0.05, 0.1) is 6.54 Å². The second-order valence-corrected chi connectivity index (χ2v) is 3.14. The first-order valence-corrected chi connectivity index (χ1v) is 4.55. The molecule has 4 nitrogen and oxygen atoms in total. The van der Waals surface area contributed by atoms with Gasteiger partial charge in [0.15, 0.2) is 0 Å². The van der Waals surface area contributed by atoms with E-state index < -0.39 is 0 Å². The molecule has 0 fully saturated rings. The minimum absolute atomic E-state index is 0.0866. The van der Waals surface area contributed by atoms with E-state index in [1.165, 1.54) is 6.92 Å². The highest BCUT2D eigenvalue weighted by Crippen LogP contribution is 2.07. The first-order chi connectivity index (χ1) is 7.09. The maximum absolute atomic E-state index is 10.6. The average molecular weight is 203 g/mol. The Kier molecular flexibility index (Phi) is 3.69. The first-order valence-electron chi connectivity index (χ1n) is 4.55. The summed E-state index contributed by atoms with van der Waals surface area (Å²) >= 11 is 0. The number of aromatic nitrogens is 1. The summed E-state index contributed by atoms with van der Waals surface area (Å²) in [6.07, 6.45) is 1.63. The molecule has 0 atom stereocenters. The number of rotatable bonds is 1. The van der Waals surface area contributed by atoms with Crippen molar-refractivity contribution in [2.75, 3.05) is 12.3 Å². The van der Waals surface area contributed by atoms with Crippen LogP contribution < -0.4 is 11.1 Å². The first kappa shape index (κ1) is 11.1. The second kappa shape index (κ2) is 5.01. The molecule has 0 unspecified atom stereocenters. The highest BCUT2D eigenvalue weighted by atomic mass is 16.1. The van der Waals surface area contributed by atoms with Gasteiger partial charge in [0.25, 0.3) is 0 Å². The molecule has 15 heavy (non-hydrogen) atoms. The van der Waals surface area contributed by atoms with Gasteiger partial charge < -0.3 is 11.1 Å². The van der Waals surface area contributed by atoms with Crippen LogP contribution in [0.1, 0.15) is 18.1 Å². The zero-order valence-corrected chi connectivity index (χ0v) is 8.79. The van der Waals surface area contributed by atoms with E-state index in [-0.39, 0.29) is 5.91 Å². The fourth-order valence-electron chi connectivity index (χ4n) is 1.02. The summed E-state index contributed by atoms with van der Waals surface area (Å²) in [4.78, 5) is 14.5. The van der Waals surface area contributed by atoms with Crippen molar-refractivity contribution in [3.8, 4) is 11.8 Å². The molecular formula is C11H13N3O. The van der Waals surface area contributed by atoms with Crippen molar-refractivity contribution in [1.29, 1.82) is 0 Å². The molecule has 0 bridgehead atoms. The number of nitrogens with zero attached hydrogens (tertiary/aromatic N) is 1. The third-order valence-corrected chi connectivity index (χ3v) is 1.78. The third-order valence-electron chi connectivity index (χ3n) is 1.78. The van der Waals surface area contributed by atoms with Crippen LogP contribution >= 0.6 is 0 Å². The van der Waals surface area contributed by atoms with E-state index in [1.807, 2.05) is 6.92 Å².